The molecule has 0 saturated carbocycles. The van der Waals surface area contributed by atoms with E-state index in [1.165, 1.54) is 11.3 Å². The molecule has 1 atom stereocenters. The molecule has 2 rings (SSSR count). The van der Waals surface area contributed by atoms with Gasteiger partial charge >= 0.3 is 5.97 Å². The van der Waals surface area contributed by atoms with Gasteiger partial charge in [0.15, 0.2) is 0 Å². The normalized spacial score (nSPS) is 11.9. The molecule has 0 aliphatic rings. The molecule has 1 unspecified atom stereocenters. The van der Waals surface area contributed by atoms with Crippen molar-refractivity contribution in [2.75, 3.05) is 0 Å². The van der Waals surface area contributed by atoms with Crippen LogP contribution in [0.2, 0.25) is 0 Å². The predicted molar refractivity (Wildman–Crippen MR) is 85.0 cm³/mol. The first-order valence-corrected chi connectivity index (χ1v) is 7.99. The van der Waals surface area contributed by atoms with E-state index in [0.717, 1.165) is 11.4 Å². The zero-order chi connectivity index (χ0) is 15.9. The third kappa shape index (κ3) is 4.14. The Morgan fingerprint density at radius 2 is 2.14 bits per heavy atom. The molecule has 116 valence electrons. The molecule has 0 fully saturated rings. The molecule has 0 saturated heterocycles. The number of aromatic nitrogens is 1. The number of rotatable bonds is 7. The standard InChI is InChI=1S/C16H18N2O3S/c1-2-13(15-17-9-10-22-15)18-14(19)8-7-11-5-3-4-6-12(11)16(20)21/h3-6,9-10,13H,2,7-8H2,1H3,(H,18,19)(H,20,21). The van der Waals surface area contributed by atoms with E-state index in [4.69, 9.17) is 5.11 Å². The molecule has 6 heteroatoms. The van der Waals surface area contributed by atoms with E-state index in [0.29, 0.717) is 12.0 Å². The van der Waals surface area contributed by atoms with Gasteiger partial charge in [0.1, 0.15) is 5.01 Å². The number of carboxylic acid groups (broad SMARTS) is 1. The van der Waals surface area contributed by atoms with Crippen LogP contribution in [0.3, 0.4) is 0 Å². The number of aryl methyl sites for hydroxylation is 1. The smallest absolute Gasteiger partial charge is 0.335 e. The highest BCUT2D eigenvalue weighted by molar-refractivity contribution is 7.09. The van der Waals surface area contributed by atoms with E-state index in [1.807, 2.05) is 12.3 Å². The highest BCUT2D eigenvalue weighted by Crippen LogP contribution is 2.19. The minimum Gasteiger partial charge on any atom is -0.478 e. The average molecular weight is 318 g/mol. The number of nitrogens with zero attached hydrogens (tertiary/aromatic N) is 1. The van der Waals surface area contributed by atoms with Crippen LogP contribution in [0.4, 0.5) is 0 Å². The fourth-order valence-electron chi connectivity index (χ4n) is 2.21. The van der Waals surface area contributed by atoms with Gasteiger partial charge in [-0.15, -0.1) is 11.3 Å². The Morgan fingerprint density at radius 3 is 2.77 bits per heavy atom. The van der Waals surface area contributed by atoms with Gasteiger partial charge in [0, 0.05) is 18.0 Å². The molecule has 1 heterocycles. The zero-order valence-electron chi connectivity index (χ0n) is 12.3. The molecule has 1 aromatic carbocycles. The minimum atomic E-state index is -0.967. The van der Waals surface area contributed by atoms with Gasteiger partial charge in [-0.1, -0.05) is 25.1 Å². The quantitative estimate of drug-likeness (QED) is 0.822. The van der Waals surface area contributed by atoms with E-state index < -0.39 is 5.97 Å². The van der Waals surface area contributed by atoms with Crippen LogP contribution in [0.1, 0.15) is 46.7 Å². The molecular formula is C16H18N2O3S. The maximum Gasteiger partial charge on any atom is 0.335 e. The number of carbonyl (C=O) groups excluding carboxylic acids is 1. The van der Waals surface area contributed by atoms with E-state index in [-0.39, 0.29) is 23.9 Å². The number of carboxylic acids is 1. The van der Waals surface area contributed by atoms with Crippen LogP contribution in [-0.4, -0.2) is 22.0 Å². The second-order valence-electron chi connectivity index (χ2n) is 4.86. The van der Waals surface area contributed by atoms with Crippen LogP contribution in [-0.2, 0) is 11.2 Å². The summed E-state index contributed by atoms with van der Waals surface area (Å²) in [4.78, 5) is 27.4. The molecule has 2 N–H and O–H groups in total. The summed E-state index contributed by atoms with van der Waals surface area (Å²) >= 11 is 1.51. The van der Waals surface area contributed by atoms with Crippen molar-refractivity contribution < 1.29 is 14.7 Å². The summed E-state index contributed by atoms with van der Waals surface area (Å²) in [5.41, 5.74) is 0.926. The van der Waals surface area contributed by atoms with Crippen molar-refractivity contribution in [2.45, 2.75) is 32.2 Å². The Morgan fingerprint density at radius 1 is 1.36 bits per heavy atom. The van der Waals surface area contributed by atoms with Crippen LogP contribution >= 0.6 is 11.3 Å². The molecule has 0 aliphatic carbocycles. The van der Waals surface area contributed by atoms with Gasteiger partial charge in [-0.25, -0.2) is 9.78 Å². The van der Waals surface area contributed by atoms with Gasteiger partial charge in [-0.2, -0.15) is 0 Å². The van der Waals surface area contributed by atoms with Crippen LogP contribution in [0.15, 0.2) is 35.8 Å². The monoisotopic (exact) mass is 318 g/mol. The lowest BCUT2D eigenvalue weighted by Crippen LogP contribution is -2.28. The zero-order valence-corrected chi connectivity index (χ0v) is 13.1. The number of amides is 1. The maximum atomic E-state index is 12.1. The Balaban J connectivity index is 1.94. The van der Waals surface area contributed by atoms with Crippen molar-refractivity contribution in [3.63, 3.8) is 0 Å². The Hall–Kier alpha value is -2.21. The molecule has 2 aromatic rings. The maximum absolute atomic E-state index is 12.1. The number of thiazole rings is 1. The third-order valence-electron chi connectivity index (χ3n) is 3.36. The van der Waals surface area contributed by atoms with E-state index in [1.54, 1.807) is 30.5 Å². The van der Waals surface area contributed by atoms with Gasteiger partial charge < -0.3 is 10.4 Å². The molecule has 0 bridgehead atoms. The third-order valence-corrected chi connectivity index (χ3v) is 4.25. The molecule has 22 heavy (non-hydrogen) atoms. The summed E-state index contributed by atoms with van der Waals surface area (Å²) in [7, 11) is 0. The second-order valence-corrected chi connectivity index (χ2v) is 5.79. The highest BCUT2D eigenvalue weighted by atomic mass is 32.1. The first-order chi connectivity index (χ1) is 10.6. The predicted octanol–water partition coefficient (Wildman–Crippen LogP) is 3.04. The number of aromatic carboxylic acids is 1. The minimum absolute atomic E-state index is 0.0813. The fourth-order valence-corrected chi connectivity index (χ4v) is 2.98. The molecule has 0 spiro atoms. The summed E-state index contributed by atoms with van der Waals surface area (Å²) in [6.45, 7) is 1.99. The average Bonchev–Trinajstić information content (AvgIpc) is 3.05. The van der Waals surface area contributed by atoms with Crippen LogP contribution in [0.5, 0.6) is 0 Å². The molecule has 0 radical (unpaired) electrons. The van der Waals surface area contributed by atoms with Crippen molar-refractivity contribution in [2.24, 2.45) is 0 Å². The van der Waals surface area contributed by atoms with Crippen molar-refractivity contribution in [3.8, 4) is 0 Å². The van der Waals surface area contributed by atoms with Crippen molar-refractivity contribution in [1.29, 1.82) is 0 Å². The summed E-state index contributed by atoms with van der Waals surface area (Å²) in [5.74, 6) is -1.06. The van der Waals surface area contributed by atoms with Crippen molar-refractivity contribution in [3.05, 3.63) is 52.0 Å². The summed E-state index contributed by atoms with van der Waals surface area (Å²) in [6.07, 6.45) is 3.15. The summed E-state index contributed by atoms with van der Waals surface area (Å²) in [6, 6.07) is 6.68. The summed E-state index contributed by atoms with van der Waals surface area (Å²) in [5, 5.41) is 14.9. The molecule has 1 amide bonds. The van der Waals surface area contributed by atoms with Gasteiger partial charge in [0.2, 0.25) is 5.91 Å². The highest BCUT2D eigenvalue weighted by Gasteiger charge is 2.16. The lowest BCUT2D eigenvalue weighted by atomic mass is 10.0. The molecular weight excluding hydrogens is 300 g/mol. The lowest BCUT2D eigenvalue weighted by molar-refractivity contribution is -0.121. The number of hydrogen-bond donors (Lipinski definition) is 2. The van der Waals surface area contributed by atoms with Crippen molar-refractivity contribution in [1.82, 2.24) is 10.3 Å². The number of hydrogen-bond acceptors (Lipinski definition) is 4. The van der Waals surface area contributed by atoms with Gasteiger partial charge in [-0.05, 0) is 24.5 Å². The van der Waals surface area contributed by atoms with E-state index >= 15 is 0 Å². The first-order valence-electron chi connectivity index (χ1n) is 7.11. The van der Waals surface area contributed by atoms with Gasteiger partial charge in [0.05, 0.1) is 11.6 Å². The number of nitrogens with one attached hydrogen (secondary N) is 1. The fraction of sp³-hybridized carbons (Fsp3) is 0.312. The van der Waals surface area contributed by atoms with Gasteiger partial charge in [-0.3, -0.25) is 4.79 Å². The molecule has 0 aliphatic heterocycles. The van der Waals surface area contributed by atoms with Crippen LogP contribution in [0.25, 0.3) is 0 Å². The van der Waals surface area contributed by atoms with Gasteiger partial charge in [0.25, 0.3) is 0 Å². The van der Waals surface area contributed by atoms with E-state index in [9.17, 15) is 9.59 Å². The second kappa shape index (κ2) is 7.70. The molecule has 1 aromatic heterocycles. The van der Waals surface area contributed by atoms with Crippen molar-refractivity contribution >= 4 is 23.2 Å². The first kappa shape index (κ1) is 16.2. The lowest BCUT2D eigenvalue weighted by Gasteiger charge is -2.14. The van der Waals surface area contributed by atoms with Crippen LogP contribution in [0, 0.1) is 0 Å². The van der Waals surface area contributed by atoms with Crippen LogP contribution < -0.4 is 5.32 Å². The number of carbonyl (C=O) groups is 2. The number of benzene rings is 1. The van der Waals surface area contributed by atoms with E-state index in [2.05, 4.69) is 10.3 Å². The SMILES string of the molecule is CCC(NC(=O)CCc1ccccc1C(=O)O)c1nccs1. The summed E-state index contributed by atoms with van der Waals surface area (Å²) < 4.78 is 0. The largest absolute Gasteiger partial charge is 0.478 e. The Bertz CT molecular complexity index is 641. The molecule has 5 nitrogen and oxygen atoms in total. The Labute approximate surface area is 133 Å². The Kier molecular flexibility index (Phi) is 5.66. The topological polar surface area (TPSA) is 79.3 Å².